The zero-order valence-corrected chi connectivity index (χ0v) is 12.6. The summed E-state index contributed by atoms with van der Waals surface area (Å²) < 4.78 is 5.05. The second kappa shape index (κ2) is 6.26. The van der Waals surface area contributed by atoms with Gasteiger partial charge in [0.1, 0.15) is 10.6 Å². The molecule has 1 fully saturated rings. The van der Waals surface area contributed by atoms with E-state index in [-0.39, 0.29) is 18.1 Å². The first-order chi connectivity index (χ1) is 9.58. The molecule has 0 aromatic carbocycles. The van der Waals surface area contributed by atoms with E-state index in [0.717, 1.165) is 12.8 Å². The van der Waals surface area contributed by atoms with E-state index in [1.165, 1.54) is 17.8 Å². The molecule has 1 aliphatic carbocycles. The van der Waals surface area contributed by atoms with E-state index < -0.39 is 5.97 Å². The van der Waals surface area contributed by atoms with Gasteiger partial charge in [0.25, 0.3) is 0 Å². The predicted octanol–water partition coefficient (Wildman–Crippen LogP) is 3.06. The quantitative estimate of drug-likeness (QED) is 0.623. The van der Waals surface area contributed by atoms with Crippen LogP contribution in [0.2, 0.25) is 0 Å². The zero-order chi connectivity index (χ0) is 14.7. The maximum absolute atomic E-state index is 12.1. The lowest BCUT2D eigenvalue weighted by molar-refractivity contribution is 0.0529. The number of anilines is 2. The highest BCUT2D eigenvalue weighted by Gasteiger charge is 2.28. The molecule has 6 heteroatoms. The van der Waals surface area contributed by atoms with Gasteiger partial charge in [-0.2, -0.15) is 0 Å². The number of carbonyl (C=O) groups excluding carboxylic acids is 2. The molecule has 0 spiro atoms. The Kier molecular flexibility index (Phi) is 4.65. The van der Waals surface area contributed by atoms with Gasteiger partial charge in [0.2, 0.25) is 0 Å². The van der Waals surface area contributed by atoms with E-state index in [1.807, 2.05) is 0 Å². The third-order valence-electron chi connectivity index (χ3n) is 3.44. The number of thiophene rings is 1. The van der Waals surface area contributed by atoms with Crippen LogP contribution in [0.5, 0.6) is 0 Å². The molecule has 2 rings (SSSR count). The average Bonchev–Trinajstić information content (AvgIpc) is 2.70. The molecule has 5 nitrogen and oxygen atoms in total. The highest BCUT2D eigenvalue weighted by atomic mass is 32.1. The van der Waals surface area contributed by atoms with Crippen LogP contribution in [0.4, 0.5) is 10.7 Å². The van der Waals surface area contributed by atoms with Gasteiger partial charge in [0.05, 0.1) is 17.2 Å². The fourth-order valence-corrected chi connectivity index (χ4v) is 3.25. The Morgan fingerprint density at radius 1 is 1.40 bits per heavy atom. The molecule has 3 N–H and O–H groups in total. The van der Waals surface area contributed by atoms with Gasteiger partial charge in [-0.3, -0.25) is 4.79 Å². The van der Waals surface area contributed by atoms with Gasteiger partial charge in [-0.25, -0.2) is 4.79 Å². The maximum atomic E-state index is 12.1. The summed E-state index contributed by atoms with van der Waals surface area (Å²) in [4.78, 5) is 24.4. The van der Waals surface area contributed by atoms with E-state index in [4.69, 9.17) is 10.5 Å². The third kappa shape index (κ3) is 2.80. The fourth-order valence-electron chi connectivity index (χ4n) is 2.06. The van der Waals surface area contributed by atoms with Crippen molar-refractivity contribution in [3.63, 3.8) is 0 Å². The van der Waals surface area contributed by atoms with Gasteiger partial charge in [0.15, 0.2) is 5.78 Å². The van der Waals surface area contributed by atoms with Crippen LogP contribution >= 0.6 is 11.3 Å². The first-order valence-corrected chi connectivity index (χ1v) is 7.79. The van der Waals surface area contributed by atoms with Crippen molar-refractivity contribution in [2.75, 3.05) is 17.7 Å². The average molecular weight is 296 g/mol. The molecule has 1 aliphatic rings. The third-order valence-corrected chi connectivity index (χ3v) is 4.62. The van der Waals surface area contributed by atoms with Crippen molar-refractivity contribution in [1.82, 2.24) is 0 Å². The standard InChI is InChI=1S/C14H20N2O3S/c1-3-9(17)12-11(15)10(14(18)19-4-2)13(20-12)16-8-6-5-7-8/h8,16H,3-7,15H2,1-2H3. The van der Waals surface area contributed by atoms with Crippen LogP contribution in [-0.4, -0.2) is 24.4 Å². The number of ketones is 1. The summed E-state index contributed by atoms with van der Waals surface area (Å²) in [6.07, 6.45) is 3.72. The molecule has 1 aromatic heterocycles. The summed E-state index contributed by atoms with van der Waals surface area (Å²) in [5, 5.41) is 3.98. The molecule has 0 unspecified atom stereocenters. The molecular formula is C14H20N2O3S. The normalized spacial score (nSPS) is 14.7. The minimum absolute atomic E-state index is 0.0419. The van der Waals surface area contributed by atoms with Crippen molar-refractivity contribution in [2.24, 2.45) is 0 Å². The molecule has 0 radical (unpaired) electrons. The molecule has 1 heterocycles. The Hall–Kier alpha value is -1.56. The number of hydrogen-bond donors (Lipinski definition) is 2. The Bertz CT molecular complexity index is 521. The lowest BCUT2D eigenvalue weighted by Gasteiger charge is -2.27. The van der Waals surface area contributed by atoms with Gasteiger partial charge in [0, 0.05) is 12.5 Å². The van der Waals surface area contributed by atoms with Crippen molar-refractivity contribution < 1.29 is 14.3 Å². The van der Waals surface area contributed by atoms with Crippen LogP contribution in [0.25, 0.3) is 0 Å². The topological polar surface area (TPSA) is 81.4 Å². The summed E-state index contributed by atoms with van der Waals surface area (Å²) in [5.74, 6) is -0.502. The molecule has 0 aliphatic heterocycles. The number of carbonyl (C=O) groups is 2. The first-order valence-electron chi connectivity index (χ1n) is 6.97. The Balaban J connectivity index is 2.35. The van der Waals surface area contributed by atoms with Crippen molar-refractivity contribution >= 4 is 33.8 Å². The van der Waals surface area contributed by atoms with Crippen LogP contribution < -0.4 is 11.1 Å². The van der Waals surface area contributed by atoms with E-state index in [1.54, 1.807) is 13.8 Å². The van der Waals surface area contributed by atoms with Crippen LogP contribution in [0, 0.1) is 0 Å². The number of esters is 1. The Morgan fingerprint density at radius 2 is 2.10 bits per heavy atom. The first kappa shape index (κ1) is 14.8. The molecule has 20 heavy (non-hydrogen) atoms. The number of rotatable bonds is 6. The number of Topliss-reactive ketones (excluding diaryl/α,β-unsaturated/α-hetero) is 1. The minimum atomic E-state index is -0.460. The summed E-state index contributed by atoms with van der Waals surface area (Å²) in [7, 11) is 0. The van der Waals surface area contributed by atoms with Crippen molar-refractivity contribution in [3.05, 3.63) is 10.4 Å². The Morgan fingerprint density at radius 3 is 2.60 bits per heavy atom. The largest absolute Gasteiger partial charge is 0.462 e. The molecule has 0 atom stereocenters. The number of hydrogen-bond acceptors (Lipinski definition) is 6. The number of nitrogen functional groups attached to an aromatic ring is 1. The highest BCUT2D eigenvalue weighted by Crippen LogP contribution is 2.39. The lowest BCUT2D eigenvalue weighted by atomic mass is 9.93. The molecule has 0 saturated heterocycles. The van der Waals surface area contributed by atoms with Gasteiger partial charge in [-0.15, -0.1) is 11.3 Å². The second-order valence-electron chi connectivity index (χ2n) is 4.82. The molecule has 1 saturated carbocycles. The van der Waals surface area contributed by atoms with Crippen LogP contribution in [0.3, 0.4) is 0 Å². The van der Waals surface area contributed by atoms with E-state index in [9.17, 15) is 9.59 Å². The van der Waals surface area contributed by atoms with E-state index in [2.05, 4.69) is 5.32 Å². The van der Waals surface area contributed by atoms with E-state index >= 15 is 0 Å². The van der Waals surface area contributed by atoms with Crippen molar-refractivity contribution in [1.29, 1.82) is 0 Å². The lowest BCUT2D eigenvalue weighted by Crippen LogP contribution is -2.27. The van der Waals surface area contributed by atoms with Gasteiger partial charge < -0.3 is 15.8 Å². The summed E-state index contributed by atoms with van der Waals surface area (Å²) >= 11 is 1.26. The van der Waals surface area contributed by atoms with Gasteiger partial charge in [-0.1, -0.05) is 6.92 Å². The zero-order valence-electron chi connectivity index (χ0n) is 11.8. The van der Waals surface area contributed by atoms with Crippen molar-refractivity contribution in [3.8, 4) is 0 Å². The number of ether oxygens (including phenoxy) is 1. The SMILES string of the molecule is CCOC(=O)c1c(NC2CCC2)sc(C(=O)CC)c1N. The predicted molar refractivity (Wildman–Crippen MR) is 80.6 cm³/mol. The monoisotopic (exact) mass is 296 g/mol. The molecule has 0 amide bonds. The maximum Gasteiger partial charge on any atom is 0.343 e. The van der Waals surface area contributed by atoms with E-state index in [0.29, 0.717) is 27.9 Å². The van der Waals surface area contributed by atoms with Gasteiger partial charge in [-0.05, 0) is 26.2 Å². The van der Waals surface area contributed by atoms with Crippen LogP contribution in [0.15, 0.2) is 0 Å². The molecule has 0 bridgehead atoms. The Labute approximate surface area is 122 Å². The molecular weight excluding hydrogens is 276 g/mol. The summed E-state index contributed by atoms with van der Waals surface area (Å²) in [6.45, 7) is 3.82. The van der Waals surface area contributed by atoms with Crippen molar-refractivity contribution in [2.45, 2.75) is 45.6 Å². The summed E-state index contributed by atoms with van der Waals surface area (Å²) in [5.41, 5.74) is 6.57. The molecule has 110 valence electrons. The highest BCUT2D eigenvalue weighted by molar-refractivity contribution is 7.19. The minimum Gasteiger partial charge on any atom is -0.462 e. The van der Waals surface area contributed by atoms with Crippen LogP contribution in [-0.2, 0) is 4.74 Å². The fraction of sp³-hybridized carbons (Fsp3) is 0.571. The smallest absolute Gasteiger partial charge is 0.343 e. The number of nitrogens with two attached hydrogens (primary N) is 1. The second-order valence-corrected chi connectivity index (χ2v) is 5.84. The number of nitrogens with one attached hydrogen (secondary N) is 1. The summed E-state index contributed by atoms with van der Waals surface area (Å²) in [6, 6.07) is 0.366. The molecule has 1 aromatic rings. The van der Waals surface area contributed by atoms with Gasteiger partial charge >= 0.3 is 5.97 Å². The van der Waals surface area contributed by atoms with Crippen LogP contribution in [0.1, 0.15) is 59.6 Å².